The zero-order chi connectivity index (χ0) is 22.1. The van der Waals surface area contributed by atoms with E-state index in [0.717, 1.165) is 17.3 Å². The number of amides is 1. The number of nitrogens with one attached hydrogen (secondary N) is 1. The van der Waals surface area contributed by atoms with Gasteiger partial charge in [-0.05, 0) is 25.1 Å². The molecule has 3 rings (SSSR count). The Balaban J connectivity index is 1.66. The van der Waals surface area contributed by atoms with E-state index in [9.17, 15) is 26.4 Å². The molecule has 164 valence electrons. The summed E-state index contributed by atoms with van der Waals surface area (Å²) in [5.74, 6) is -0.456. The summed E-state index contributed by atoms with van der Waals surface area (Å²) in [5.41, 5.74) is -1.26. The molecule has 1 aliphatic rings. The summed E-state index contributed by atoms with van der Waals surface area (Å²) in [6, 6.07) is 1.13. The highest BCUT2D eigenvalue weighted by molar-refractivity contribution is 7.89. The molecule has 1 N–H and O–H groups in total. The van der Waals surface area contributed by atoms with Crippen molar-refractivity contribution in [2.24, 2.45) is 0 Å². The third-order valence-corrected chi connectivity index (χ3v) is 7.24. The number of alkyl halides is 3. The van der Waals surface area contributed by atoms with Crippen molar-refractivity contribution in [2.45, 2.75) is 24.0 Å². The van der Waals surface area contributed by atoms with Crippen molar-refractivity contribution < 1.29 is 26.4 Å². The number of halogens is 4. The molecule has 0 aliphatic carbocycles. The van der Waals surface area contributed by atoms with Crippen LogP contribution in [-0.4, -0.2) is 56.4 Å². The van der Waals surface area contributed by atoms with Gasteiger partial charge in [0.1, 0.15) is 0 Å². The van der Waals surface area contributed by atoms with Gasteiger partial charge in [-0.2, -0.15) is 17.9 Å². The average molecular weight is 483 g/mol. The van der Waals surface area contributed by atoms with Crippen LogP contribution in [0.15, 0.2) is 34.7 Å². The fourth-order valence-corrected chi connectivity index (χ4v) is 5.15. The number of benzene rings is 1. The number of carbonyl (C=O) groups is 1. The maximum absolute atomic E-state index is 13.0. The molecule has 1 unspecified atom stereocenters. The summed E-state index contributed by atoms with van der Waals surface area (Å²) in [4.78, 5) is 19.8. The minimum Gasteiger partial charge on any atom is -0.345 e. The van der Waals surface area contributed by atoms with E-state index in [4.69, 9.17) is 11.6 Å². The van der Waals surface area contributed by atoms with Crippen molar-refractivity contribution in [3.05, 3.63) is 40.4 Å². The first-order valence-corrected chi connectivity index (χ1v) is 11.6. The average Bonchev–Trinajstić information content (AvgIpc) is 3.21. The highest BCUT2D eigenvalue weighted by Gasteiger charge is 2.35. The molecule has 2 aromatic rings. The number of thiazole rings is 1. The Hall–Kier alpha value is -1.89. The number of piperazine rings is 1. The first-order valence-electron chi connectivity index (χ1n) is 8.81. The van der Waals surface area contributed by atoms with Gasteiger partial charge in [0.2, 0.25) is 15.9 Å². The molecule has 0 spiro atoms. The molecule has 1 amide bonds. The summed E-state index contributed by atoms with van der Waals surface area (Å²) in [6.45, 7) is 3.21. The molecule has 1 fully saturated rings. The Morgan fingerprint density at radius 3 is 2.50 bits per heavy atom. The Kier molecular flexibility index (Phi) is 6.60. The zero-order valence-corrected chi connectivity index (χ0v) is 18.1. The van der Waals surface area contributed by atoms with Gasteiger partial charge in [-0.1, -0.05) is 11.6 Å². The van der Waals surface area contributed by atoms with E-state index in [1.165, 1.54) is 23.2 Å². The molecular weight excluding hydrogens is 465 g/mol. The van der Waals surface area contributed by atoms with Crippen LogP contribution in [0.25, 0.3) is 0 Å². The van der Waals surface area contributed by atoms with Crippen molar-refractivity contribution in [3.8, 4) is 0 Å². The van der Waals surface area contributed by atoms with E-state index < -0.39 is 43.6 Å². The summed E-state index contributed by atoms with van der Waals surface area (Å²) >= 11 is 7.02. The minimum atomic E-state index is -4.80. The second-order valence-electron chi connectivity index (χ2n) is 6.61. The van der Waals surface area contributed by atoms with E-state index in [1.54, 1.807) is 6.20 Å². The molecule has 30 heavy (non-hydrogen) atoms. The highest BCUT2D eigenvalue weighted by Crippen LogP contribution is 2.36. The van der Waals surface area contributed by atoms with Crippen LogP contribution in [0.4, 0.5) is 18.3 Å². The van der Waals surface area contributed by atoms with E-state index >= 15 is 0 Å². The SMILES string of the molecule is CC(NS(=O)(=O)c1ccc(Cl)c(C(F)(F)F)c1)C(=O)N1CCN(c2nccs2)CC1. The fraction of sp³-hybridized carbons (Fsp3) is 0.412. The lowest BCUT2D eigenvalue weighted by atomic mass is 10.2. The molecule has 1 saturated heterocycles. The van der Waals surface area contributed by atoms with Crippen molar-refractivity contribution in [1.82, 2.24) is 14.6 Å². The maximum atomic E-state index is 13.0. The first-order chi connectivity index (χ1) is 14.0. The van der Waals surface area contributed by atoms with Crippen LogP contribution in [0.1, 0.15) is 12.5 Å². The predicted molar refractivity (Wildman–Crippen MR) is 107 cm³/mol. The maximum Gasteiger partial charge on any atom is 0.417 e. The quantitative estimate of drug-likeness (QED) is 0.708. The molecule has 0 bridgehead atoms. The highest BCUT2D eigenvalue weighted by atomic mass is 35.5. The number of rotatable bonds is 5. The number of carbonyl (C=O) groups excluding carboxylic acids is 1. The van der Waals surface area contributed by atoms with Crippen molar-refractivity contribution in [2.75, 3.05) is 31.1 Å². The minimum absolute atomic E-state index is 0.379. The molecule has 0 radical (unpaired) electrons. The van der Waals surface area contributed by atoms with Crippen LogP contribution in [0.3, 0.4) is 0 Å². The van der Waals surface area contributed by atoms with Crippen molar-refractivity contribution in [3.63, 3.8) is 0 Å². The number of sulfonamides is 1. The van der Waals surface area contributed by atoms with Gasteiger partial charge in [-0.3, -0.25) is 4.79 Å². The number of nitrogens with zero attached hydrogens (tertiary/aromatic N) is 3. The van der Waals surface area contributed by atoms with E-state index in [-0.39, 0.29) is 0 Å². The van der Waals surface area contributed by atoms with Crippen molar-refractivity contribution in [1.29, 1.82) is 0 Å². The Labute approximate surface area is 180 Å². The Bertz CT molecular complexity index is 1010. The third-order valence-electron chi connectivity index (χ3n) is 4.54. The summed E-state index contributed by atoms with van der Waals surface area (Å²) < 4.78 is 66.2. The monoisotopic (exact) mass is 482 g/mol. The second kappa shape index (κ2) is 8.69. The summed E-state index contributed by atoms with van der Waals surface area (Å²) in [5, 5.41) is 2.09. The Morgan fingerprint density at radius 2 is 1.93 bits per heavy atom. The molecule has 1 aliphatic heterocycles. The standard InChI is InChI=1S/C17H18ClF3N4O3S2/c1-11(15(26)24-5-7-25(8-6-24)16-22-4-9-29-16)23-30(27,28)12-2-3-14(18)13(10-12)17(19,20)21/h2-4,9-11,23H,5-8H2,1H3. The molecule has 2 heterocycles. The van der Waals surface area contributed by atoms with Crippen LogP contribution in [0.5, 0.6) is 0 Å². The summed E-state index contributed by atoms with van der Waals surface area (Å²) in [6.07, 6.45) is -3.11. The number of anilines is 1. The third kappa shape index (κ3) is 5.05. The van der Waals surface area contributed by atoms with E-state index in [0.29, 0.717) is 32.2 Å². The van der Waals surface area contributed by atoms with Gasteiger partial charge in [0.15, 0.2) is 5.13 Å². The topological polar surface area (TPSA) is 82.6 Å². The molecule has 1 atom stereocenters. The number of hydrogen-bond donors (Lipinski definition) is 1. The van der Waals surface area contributed by atoms with Gasteiger partial charge in [0.05, 0.1) is 21.5 Å². The van der Waals surface area contributed by atoms with Gasteiger partial charge in [0.25, 0.3) is 0 Å². The van der Waals surface area contributed by atoms with Crippen LogP contribution >= 0.6 is 22.9 Å². The normalized spacial score (nSPS) is 16.6. The number of aromatic nitrogens is 1. The lowest BCUT2D eigenvalue weighted by molar-refractivity contribution is -0.137. The van der Waals surface area contributed by atoms with Crippen LogP contribution in [-0.2, 0) is 21.0 Å². The smallest absolute Gasteiger partial charge is 0.345 e. The lowest BCUT2D eigenvalue weighted by Gasteiger charge is -2.35. The predicted octanol–water partition coefficient (Wildman–Crippen LogP) is 2.83. The van der Waals surface area contributed by atoms with Gasteiger partial charge in [0, 0.05) is 37.8 Å². The van der Waals surface area contributed by atoms with Crippen molar-refractivity contribution >= 4 is 44.0 Å². The molecule has 1 aromatic carbocycles. The van der Waals surface area contributed by atoms with Crippen LogP contribution in [0, 0.1) is 0 Å². The van der Waals surface area contributed by atoms with Crippen LogP contribution in [0.2, 0.25) is 5.02 Å². The molecular formula is C17H18ClF3N4O3S2. The van der Waals surface area contributed by atoms with Crippen LogP contribution < -0.4 is 9.62 Å². The molecule has 1 aromatic heterocycles. The van der Waals surface area contributed by atoms with E-state index in [1.807, 2.05) is 10.3 Å². The second-order valence-corrected chi connectivity index (χ2v) is 9.60. The molecule has 0 saturated carbocycles. The zero-order valence-electron chi connectivity index (χ0n) is 15.7. The Morgan fingerprint density at radius 1 is 1.27 bits per heavy atom. The molecule has 13 heteroatoms. The summed E-state index contributed by atoms with van der Waals surface area (Å²) in [7, 11) is -4.36. The van der Waals surface area contributed by atoms with Gasteiger partial charge in [-0.15, -0.1) is 11.3 Å². The van der Waals surface area contributed by atoms with Gasteiger partial charge >= 0.3 is 6.18 Å². The fourth-order valence-electron chi connectivity index (χ4n) is 3.00. The first kappa shape index (κ1) is 22.8. The van der Waals surface area contributed by atoms with Gasteiger partial charge < -0.3 is 9.80 Å². The number of hydrogen-bond acceptors (Lipinski definition) is 6. The largest absolute Gasteiger partial charge is 0.417 e. The lowest BCUT2D eigenvalue weighted by Crippen LogP contribution is -2.54. The molecule has 7 nitrogen and oxygen atoms in total. The van der Waals surface area contributed by atoms with E-state index in [2.05, 4.69) is 9.71 Å². The van der Waals surface area contributed by atoms with Gasteiger partial charge in [-0.25, -0.2) is 13.4 Å².